The standard InChI is InChI=1S/C44H76O4/c1-3-5-7-9-11-13-15-16-17-18-19-20-21-22-24-26-28-33-37-41-44(47)48-42(39-35-31-29-32-36-40-43(45)46)38-34-30-27-25-23-14-12-10-8-6-4-2/h11-14,16-17,19-20,25,27,42H,3-10,15,18,21-24,26,28-41H2,1-2H3,(H,45,46)/b13-11-,14-12-,17-16-,20-19-,27-25-. The molecule has 0 aliphatic heterocycles. The highest BCUT2D eigenvalue weighted by molar-refractivity contribution is 5.69. The first-order chi connectivity index (χ1) is 23.6. The lowest BCUT2D eigenvalue weighted by Gasteiger charge is -2.18. The zero-order valence-corrected chi connectivity index (χ0v) is 31.5. The van der Waals surface area contributed by atoms with Crippen LogP contribution in [0.5, 0.6) is 0 Å². The summed E-state index contributed by atoms with van der Waals surface area (Å²) in [5.74, 6) is -0.745. The van der Waals surface area contributed by atoms with E-state index in [1.807, 2.05) is 0 Å². The van der Waals surface area contributed by atoms with Gasteiger partial charge in [0.05, 0.1) is 0 Å². The molecule has 0 bridgehead atoms. The number of carbonyl (C=O) groups excluding carboxylic acids is 1. The number of hydrogen-bond acceptors (Lipinski definition) is 3. The van der Waals surface area contributed by atoms with Gasteiger partial charge in [0, 0.05) is 12.8 Å². The number of carbonyl (C=O) groups is 2. The molecule has 0 aliphatic rings. The van der Waals surface area contributed by atoms with E-state index < -0.39 is 5.97 Å². The predicted molar refractivity (Wildman–Crippen MR) is 208 cm³/mol. The second kappa shape index (κ2) is 39.1. The fraction of sp³-hybridized carbons (Fsp3) is 0.727. The maximum atomic E-state index is 12.7. The van der Waals surface area contributed by atoms with E-state index in [4.69, 9.17) is 9.84 Å². The van der Waals surface area contributed by atoms with Crippen LogP contribution in [0.2, 0.25) is 0 Å². The topological polar surface area (TPSA) is 63.6 Å². The van der Waals surface area contributed by atoms with Gasteiger partial charge in [-0.05, 0) is 103 Å². The van der Waals surface area contributed by atoms with Crippen LogP contribution in [0.25, 0.3) is 0 Å². The Labute approximate surface area is 297 Å². The van der Waals surface area contributed by atoms with Crippen molar-refractivity contribution in [2.45, 2.75) is 206 Å². The van der Waals surface area contributed by atoms with Gasteiger partial charge < -0.3 is 9.84 Å². The molecule has 1 N–H and O–H groups in total. The first kappa shape index (κ1) is 45.6. The molecule has 276 valence electrons. The van der Waals surface area contributed by atoms with E-state index in [2.05, 4.69) is 74.6 Å². The third-order valence-corrected chi connectivity index (χ3v) is 8.71. The molecule has 0 saturated carbocycles. The van der Waals surface area contributed by atoms with Gasteiger partial charge in [0.1, 0.15) is 6.10 Å². The summed E-state index contributed by atoms with van der Waals surface area (Å²) in [4.78, 5) is 23.4. The normalized spacial score (nSPS) is 12.9. The zero-order chi connectivity index (χ0) is 35.0. The summed E-state index contributed by atoms with van der Waals surface area (Å²) in [6, 6.07) is 0. The third kappa shape index (κ3) is 38.1. The Balaban J connectivity index is 4.09. The Morgan fingerprint density at radius 3 is 1.33 bits per heavy atom. The molecule has 48 heavy (non-hydrogen) atoms. The maximum Gasteiger partial charge on any atom is 0.306 e. The number of aliphatic carboxylic acids is 1. The molecule has 0 aromatic rings. The van der Waals surface area contributed by atoms with Crippen molar-refractivity contribution in [2.75, 3.05) is 0 Å². The van der Waals surface area contributed by atoms with E-state index in [-0.39, 0.29) is 18.5 Å². The number of allylic oxidation sites excluding steroid dienone is 10. The van der Waals surface area contributed by atoms with E-state index in [1.54, 1.807) is 0 Å². The molecule has 0 aromatic carbocycles. The van der Waals surface area contributed by atoms with Crippen molar-refractivity contribution in [3.63, 3.8) is 0 Å². The molecular formula is C44H76O4. The highest BCUT2D eigenvalue weighted by Gasteiger charge is 2.14. The van der Waals surface area contributed by atoms with Crippen LogP contribution < -0.4 is 0 Å². The van der Waals surface area contributed by atoms with Crippen LogP contribution in [0.4, 0.5) is 0 Å². The second-order valence-electron chi connectivity index (χ2n) is 13.5. The van der Waals surface area contributed by atoms with Gasteiger partial charge in [-0.15, -0.1) is 0 Å². The van der Waals surface area contributed by atoms with Gasteiger partial charge in [0.25, 0.3) is 0 Å². The number of carboxylic acids is 1. The Morgan fingerprint density at radius 1 is 0.458 bits per heavy atom. The molecule has 0 saturated heterocycles. The minimum atomic E-state index is -0.710. The van der Waals surface area contributed by atoms with Gasteiger partial charge >= 0.3 is 11.9 Å². The summed E-state index contributed by atoms with van der Waals surface area (Å²) in [5.41, 5.74) is 0. The van der Waals surface area contributed by atoms with Crippen LogP contribution >= 0.6 is 0 Å². The Morgan fingerprint density at radius 2 is 0.833 bits per heavy atom. The fourth-order valence-corrected chi connectivity index (χ4v) is 5.70. The van der Waals surface area contributed by atoms with Gasteiger partial charge in [0.2, 0.25) is 0 Å². The fourth-order valence-electron chi connectivity index (χ4n) is 5.70. The minimum absolute atomic E-state index is 0.00378. The van der Waals surface area contributed by atoms with Crippen molar-refractivity contribution in [1.29, 1.82) is 0 Å². The molecule has 0 spiro atoms. The summed E-state index contributed by atoms with van der Waals surface area (Å²) in [7, 11) is 0. The number of carboxylic acid groups (broad SMARTS) is 1. The molecule has 4 nitrogen and oxygen atoms in total. The number of hydrogen-bond donors (Lipinski definition) is 1. The average Bonchev–Trinajstić information content (AvgIpc) is 3.07. The number of unbranched alkanes of at least 4 members (excludes halogenated alkanes) is 17. The van der Waals surface area contributed by atoms with Gasteiger partial charge in [-0.2, -0.15) is 0 Å². The number of ether oxygens (including phenoxy) is 1. The van der Waals surface area contributed by atoms with E-state index in [9.17, 15) is 9.59 Å². The molecule has 0 aliphatic carbocycles. The van der Waals surface area contributed by atoms with Crippen LogP contribution in [0, 0.1) is 0 Å². The molecule has 0 aromatic heterocycles. The van der Waals surface area contributed by atoms with Crippen molar-refractivity contribution >= 4 is 11.9 Å². The quantitative estimate of drug-likeness (QED) is 0.0410. The summed E-state index contributed by atoms with van der Waals surface area (Å²) < 4.78 is 5.97. The number of rotatable bonds is 36. The molecule has 0 fully saturated rings. The van der Waals surface area contributed by atoms with Crippen LogP contribution in [0.3, 0.4) is 0 Å². The van der Waals surface area contributed by atoms with Crippen molar-refractivity contribution in [1.82, 2.24) is 0 Å². The highest BCUT2D eigenvalue weighted by Crippen LogP contribution is 2.17. The summed E-state index contributed by atoms with van der Waals surface area (Å²) in [6.45, 7) is 4.49. The van der Waals surface area contributed by atoms with Gasteiger partial charge in [-0.25, -0.2) is 0 Å². The predicted octanol–water partition coefficient (Wildman–Crippen LogP) is 14.1. The van der Waals surface area contributed by atoms with Crippen LogP contribution in [-0.2, 0) is 14.3 Å². The largest absolute Gasteiger partial charge is 0.481 e. The molecule has 1 unspecified atom stereocenters. The Kier molecular flexibility index (Phi) is 37.2. The van der Waals surface area contributed by atoms with E-state index in [0.29, 0.717) is 6.42 Å². The molecule has 4 heteroatoms. The van der Waals surface area contributed by atoms with Gasteiger partial charge in [-0.1, -0.05) is 145 Å². The molecule has 0 heterocycles. The highest BCUT2D eigenvalue weighted by atomic mass is 16.5. The van der Waals surface area contributed by atoms with Crippen molar-refractivity contribution in [3.8, 4) is 0 Å². The summed E-state index contributed by atoms with van der Waals surface area (Å²) in [6.07, 6.45) is 53.8. The Bertz CT molecular complexity index is 850. The van der Waals surface area contributed by atoms with Crippen molar-refractivity contribution in [2.24, 2.45) is 0 Å². The second-order valence-corrected chi connectivity index (χ2v) is 13.5. The molecular weight excluding hydrogens is 592 g/mol. The lowest BCUT2D eigenvalue weighted by Crippen LogP contribution is -2.18. The van der Waals surface area contributed by atoms with Crippen LogP contribution in [0.15, 0.2) is 60.8 Å². The average molecular weight is 669 g/mol. The lowest BCUT2D eigenvalue weighted by molar-refractivity contribution is -0.150. The first-order valence-corrected chi connectivity index (χ1v) is 20.3. The third-order valence-electron chi connectivity index (χ3n) is 8.71. The van der Waals surface area contributed by atoms with E-state index in [0.717, 1.165) is 96.3 Å². The van der Waals surface area contributed by atoms with Crippen molar-refractivity contribution < 1.29 is 19.4 Å². The molecule has 0 amide bonds. The van der Waals surface area contributed by atoms with E-state index >= 15 is 0 Å². The lowest BCUT2D eigenvalue weighted by atomic mass is 10.0. The number of esters is 1. The minimum Gasteiger partial charge on any atom is -0.481 e. The monoisotopic (exact) mass is 669 g/mol. The Hall–Kier alpha value is -2.36. The molecule has 1 atom stereocenters. The SMILES string of the molecule is CCCCC/C=C\C/C=C\C/C=C\CCCCCCCCC(=O)OC(CCC/C=C\C/C=C\CCCCC)CCCCCCCC(=O)O. The first-order valence-electron chi connectivity index (χ1n) is 20.3. The van der Waals surface area contributed by atoms with Crippen molar-refractivity contribution in [3.05, 3.63) is 60.8 Å². The zero-order valence-electron chi connectivity index (χ0n) is 31.5. The molecule has 0 rings (SSSR count). The van der Waals surface area contributed by atoms with Crippen LogP contribution in [-0.4, -0.2) is 23.1 Å². The summed E-state index contributed by atoms with van der Waals surface area (Å²) in [5, 5.41) is 8.82. The van der Waals surface area contributed by atoms with E-state index in [1.165, 1.54) is 77.0 Å². The summed E-state index contributed by atoms with van der Waals surface area (Å²) >= 11 is 0. The van der Waals surface area contributed by atoms with Gasteiger partial charge in [0.15, 0.2) is 0 Å². The van der Waals surface area contributed by atoms with Gasteiger partial charge in [-0.3, -0.25) is 9.59 Å². The van der Waals surface area contributed by atoms with Crippen LogP contribution in [0.1, 0.15) is 200 Å². The maximum absolute atomic E-state index is 12.7. The smallest absolute Gasteiger partial charge is 0.306 e. The molecule has 0 radical (unpaired) electrons.